The molecule has 0 unspecified atom stereocenters. The number of ether oxygens (including phenoxy) is 1. The third kappa shape index (κ3) is 3.49. The monoisotopic (exact) mass is 223 g/mol. The van der Waals surface area contributed by atoms with E-state index in [9.17, 15) is 5.11 Å². The molecule has 0 aromatic carbocycles. The molecular formula is C13H21NO2. The highest BCUT2D eigenvalue weighted by molar-refractivity contribution is 5.35. The van der Waals surface area contributed by atoms with Gasteiger partial charge in [0.05, 0.1) is 13.2 Å². The first-order chi connectivity index (χ1) is 7.69. The molecule has 0 saturated carbocycles. The Hall–Kier alpha value is -1.09. The molecule has 0 aliphatic carbocycles. The summed E-state index contributed by atoms with van der Waals surface area (Å²) in [5.41, 5.74) is 2.78. The Morgan fingerprint density at radius 3 is 2.69 bits per heavy atom. The lowest BCUT2D eigenvalue weighted by atomic mass is 10.1. The van der Waals surface area contributed by atoms with Crippen molar-refractivity contribution in [2.75, 3.05) is 6.61 Å². The van der Waals surface area contributed by atoms with Crippen LogP contribution in [-0.4, -0.2) is 16.7 Å². The summed E-state index contributed by atoms with van der Waals surface area (Å²) in [6.45, 7) is 6.74. The molecular weight excluding hydrogens is 202 g/mol. The van der Waals surface area contributed by atoms with Crippen molar-refractivity contribution in [2.24, 2.45) is 0 Å². The Bertz CT molecular complexity index is 337. The number of unbranched alkanes of at least 4 members (excludes halogenated alkanes) is 2. The van der Waals surface area contributed by atoms with Crippen molar-refractivity contribution < 1.29 is 9.84 Å². The molecule has 3 heteroatoms. The van der Waals surface area contributed by atoms with Gasteiger partial charge in [-0.15, -0.1) is 0 Å². The molecule has 0 radical (unpaired) electrons. The van der Waals surface area contributed by atoms with Crippen LogP contribution in [0.4, 0.5) is 0 Å². The van der Waals surface area contributed by atoms with Gasteiger partial charge in [0.15, 0.2) is 0 Å². The van der Waals surface area contributed by atoms with Gasteiger partial charge in [-0.25, -0.2) is 4.98 Å². The van der Waals surface area contributed by atoms with Gasteiger partial charge in [0.2, 0.25) is 5.88 Å². The van der Waals surface area contributed by atoms with E-state index >= 15 is 0 Å². The minimum atomic E-state index is -0.0117. The number of aliphatic hydroxyl groups is 1. The average molecular weight is 223 g/mol. The second-order valence-electron chi connectivity index (χ2n) is 4.08. The third-order valence-corrected chi connectivity index (χ3v) is 2.58. The van der Waals surface area contributed by atoms with Gasteiger partial charge in [-0.3, -0.25) is 0 Å². The van der Waals surface area contributed by atoms with E-state index < -0.39 is 0 Å². The maximum absolute atomic E-state index is 9.27. The van der Waals surface area contributed by atoms with Gasteiger partial charge in [0.1, 0.15) is 0 Å². The lowest BCUT2D eigenvalue weighted by molar-refractivity contribution is 0.253. The Kier molecular flexibility index (Phi) is 5.26. The number of nitrogens with zero attached hydrogens (tertiary/aromatic N) is 1. The van der Waals surface area contributed by atoms with Crippen LogP contribution in [-0.2, 0) is 6.61 Å². The number of aliphatic hydroxyl groups excluding tert-OH is 1. The number of hydrogen-bond acceptors (Lipinski definition) is 3. The molecule has 3 nitrogen and oxygen atoms in total. The highest BCUT2D eigenvalue weighted by atomic mass is 16.5. The summed E-state index contributed by atoms with van der Waals surface area (Å²) in [6, 6.07) is 1.96. The zero-order chi connectivity index (χ0) is 12.0. The molecule has 0 bridgehead atoms. The fourth-order valence-electron chi connectivity index (χ4n) is 1.66. The average Bonchev–Trinajstić information content (AvgIpc) is 2.24. The molecule has 1 aromatic rings. The Labute approximate surface area is 97.5 Å². The molecule has 1 heterocycles. The standard InChI is InChI=1S/C13H21NO2/c1-4-5-6-7-16-13-12(9-15)10(2)8-11(3)14-13/h8,15H,4-7,9H2,1-3H3. The molecule has 0 aliphatic rings. The van der Waals surface area contributed by atoms with Crippen LogP contribution in [0.15, 0.2) is 6.07 Å². The molecule has 90 valence electrons. The van der Waals surface area contributed by atoms with Gasteiger partial charge >= 0.3 is 0 Å². The minimum absolute atomic E-state index is 0.0117. The van der Waals surface area contributed by atoms with Crippen LogP contribution in [0.5, 0.6) is 5.88 Å². The fourth-order valence-corrected chi connectivity index (χ4v) is 1.66. The maximum Gasteiger partial charge on any atom is 0.219 e. The topological polar surface area (TPSA) is 42.4 Å². The van der Waals surface area contributed by atoms with Crippen molar-refractivity contribution in [3.05, 3.63) is 22.9 Å². The van der Waals surface area contributed by atoms with Gasteiger partial charge in [-0.1, -0.05) is 19.8 Å². The van der Waals surface area contributed by atoms with E-state index in [-0.39, 0.29) is 6.61 Å². The molecule has 0 spiro atoms. The number of hydrogen-bond donors (Lipinski definition) is 1. The zero-order valence-electron chi connectivity index (χ0n) is 10.4. The molecule has 0 atom stereocenters. The zero-order valence-corrected chi connectivity index (χ0v) is 10.4. The highest BCUT2D eigenvalue weighted by Gasteiger charge is 2.08. The molecule has 0 fully saturated rings. The number of aromatic nitrogens is 1. The molecule has 0 saturated heterocycles. The van der Waals surface area contributed by atoms with Crippen molar-refractivity contribution in [1.82, 2.24) is 4.98 Å². The summed E-state index contributed by atoms with van der Waals surface area (Å²) in [6.07, 6.45) is 3.38. The van der Waals surface area contributed by atoms with Crippen LogP contribution in [0.1, 0.15) is 43.0 Å². The van der Waals surface area contributed by atoms with Crippen molar-refractivity contribution in [3.63, 3.8) is 0 Å². The van der Waals surface area contributed by atoms with Gasteiger partial charge in [-0.2, -0.15) is 0 Å². The Balaban J connectivity index is 2.69. The maximum atomic E-state index is 9.27. The van der Waals surface area contributed by atoms with Crippen LogP contribution in [0.2, 0.25) is 0 Å². The van der Waals surface area contributed by atoms with Crippen LogP contribution in [0.3, 0.4) is 0 Å². The predicted octanol–water partition coefficient (Wildman–Crippen LogP) is 2.76. The van der Waals surface area contributed by atoms with Crippen molar-refractivity contribution in [3.8, 4) is 5.88 Å². The van der Waals surface area contributed by atoms with Gasteiger partial charge in [0.25, 0.3) is 0 Å². The molecule has 0 amide bonds. The fraction of sp³-hybridized carbons (Fsp3) is 0.615. The van der Waals surface area contributed by atoms with Crippen molar-refractivity contribution in [2.45, 2.75) is 46.6 Å². The SMILES string of the molecule is CCCCCOc1nc(C)cc(C)c1CO. The van der Waals surface area contributed by atoms with E-state index in [4.69, 9.17) is 4.74 Å². The Morgan fingerprint density at radius 1 is 1.31 bits per heavy atom. The summed E-state index contributed by atoms with van der Waals surface area (Å²) in [7, 11) is 0. The van der Waals surface area contributed by atoms with Crippen molar-refractivity contribution in [1.29, 1.82) is 0 Å². The summed E-state index contributed by atoms with van der Waals surface area (Å²) < 4.78 is 5.62. The van der Waals surface area contributed by atoms with Crippen LogP contribution in [0.25, 0.3) is 0 Å². The largest absolute Gasteiger partial charge is 0.477 e. The summed E-state index contributed by atoms with van der Waals surface area (Å²) in [5, 5.41) is 9.27. The van der Waals surface area contributed by atoms with E-state index in [1.54, 1.807) is 0 Å². The molecule has 0 aliphatic heterocycles. The molecule has 1 aromatic heterocycles. The van der Waals surface area contributed by atoms with E-state index in [1.165, 1.54) is 12.8 Å². The van der Waals surface area contributed by atoms with Gasteiger partial charge < -0.3 is 9.84 Å². The normalized spacial score (nSPS) is 10.5. The van der Waals surface area contributed by atoms with E-state index in [2.05, 4.69) is 11.9 Å². The summed E-state index contributed by atoms with van der Waals surface area (Å²) in [4.78, 5) is 4.32. The van der Waals surface area contributed by atoms with Gasteiger partial charge in [-0.05, 0) is 31.9 Å². The van der Waals surface area contributed by atoms with Crippen LogP contribution >= 0.6 is 0 Å². The number of aryl methyl sites for hydroxylation is 2. The van der Waals surface area contributed by atoms with Gasteiger partial charge in [0, 0.05) is 11.3 Å². The third-order valence-electron chi connectivity index (χ3n) is 2.58. The lowest BCUT2D eigenvalue weighted by Crippen LogP contribution is -2.05. The number of pyridine rings is 1. The minimum Gasteiger partial charge on any atom is -0.477 e. The second-order valence-corrected chi connectivity index (χ2v) is 4.08. The Morgan fingerprint density at radius 2 is 2.06 bits per heavy atom. The quantitative estimate of drug-likeness (QED) is 0.754. The second kappa shape index (κ2) is 6.48. The van der Waals surface area contributed by atoms with E-state index in [0.29, 0.717) is 12.5 Å². The van der Waals surface area contributed by atoms with Crippen molar-refractivity contribution >= 4 is 0 Å². The molecule has 1 N–H and O–H groups in total. The lowest BCUT2D eigenvalue weighted by Gasteiger charge is -2.12. The van der Waals surface area contributed by atoms with E-state index in [1.807, 2.05) is 19.9 Å². The summed E-state index contributed by atoms with van der Waals surface area (Å²) in [5.74, 6) is 0.594. The first-order valence-corrected chi connectivity index (χ1v) is 5.89. The molecule has 16 heavy (non-hydrogen) atoms. The predicted molar refractivity (Wildman–Crippen MR) is 64.7 cm³/mol. The van der Waals surface area contributed by atoms with Crippen LogP contribution < -0.4 is 4.74 Å². The smallest absolute Gasteiger partial charge is 0.219 e. The highest BCUT2D eigenvalue weighted by Crippen LogP contribution is 2.21. The first kappa shape index (κ1) is 13.0. The van der Waals surface area contributed by atoms with E-state index in [0.717, 1.165) is 23.2 Å². The number of rotatable bonds is 6. The first-order valence-electron chi connectivity index (χ1n) is 5.89. The van der Waals surface area contributed by atoms with Crippen LogP contribution in [0, 0.1) is 13.8 Å². The molecule has 1 rings (SSSR count). The summed E-state index contributed by atoms with van der Waals surface area (Å²) >= 11 is 0.